The molecule has 2 rings (SSSR count). The summed E-state index contributed by atoms with van der Waals surface area (Å²) in [5, 5.41) is 3.55. The van der Waals surface area contributed by atoms with E-state index >= 15 is 0 Å². The van der Waals surface area contributed by atoms with Crippen LogP contribution in [-0.4, -0.2) is 6.04 Å². The fourth-order valence-corrected chi connectivity index (χ4v) is 2.15. The molecule has 0 aromatic heterocycles. The van der Waals surface area contributed by atoms with Gasteiger partial charge in [0.25, 0.3) is 0 Å². The maximum absolute atomic E-state index is 12.9. The number of nitrogens with one attached hydrogen (secondary N) is 1. The number of rotatable bonds is 5. The van der Waals surface area contributed by atoms with Gasteiger partial charge in [-0.2, -0.15) is 0 Å². The van der Waals surface area contributed by atoms with Gasteiger partial charge in [-0.25, -0.2) is 4.39 Å². The Morgan fingerprint density at radius 3 is 2.59 bits per heavy atom. The van der Waals surface area contributed by atoms with Crippen LogP contribution in [0.3, 0.4) is 0 Å². The summed E-state index contributed by atoms with van der Waals surface area (Å²) in [6.45, 7) is 2.10. The largest absolute Gasteiger partial charge is 0.306 e. The third-order valence-electron chi connectivity index (χ3n) is 3.21. The highest BCUT2D eigenvalue weighted by molar-refractivity contribution is 5.22. The molecular formula is C15H18FN. The van der Waals surface area contributed by atoms with Crippen molar-refractivity contribution in [1.29, 1.82) is 0 Å². The molecule has 2 heteroatoms. The minimum Gasteiger partial charge on any atom is -0.306 e. The predicted molar refractivity (Wildman–Crippen MR) is 67.9 cm³/mol. The van der Waals surface area contributed by atoms with Crippen LogP contribution in [-0.2, 0) is 0 Å². The highest BCUT2D eigenvalue weighted by Crippen LogP contribution is 2.41. The third-order valence-corrected chi connectivity index (χ3v) is 3.21. The van der Waals surface area contributed by atoms with Crippen molar-refractivity contribution in [2.75, 3.05) is 0 Å². The first-order valence-electron chi connectivity index (χ1n) is 6.15. The van der Waals surface area contributed by atoms with Crippen LogP contribution in [0.1, 0.15) is 37.8 Å². The zero-order chi connectivity index (χ0) is 12.3. The minimum absolute atomic E-state index is 0.181. The molecule has 1 fully saturated rings. The van der Waals surface area contributed by atoms with E-state index in [1.807, 2.05) is 12.1 Å². The van der Waals surface area contributed by atoms with E-state index < -0.39 is 0 Å². The molecule has 0 amide bonds. The van der Waals surface area contributed by atoms with Crippen LogP contribution >= 0.6 is 0 Å². The van der Waals surface area contributed by atoms with Gasteiger partial charge in [0.15, 0.2) is 0 Å². The molecule has 0 aliphatic heterocycles. The van der Waals surface area contributed by atoms with Crippen LogP contribution in [0, 0.1) is 24.1 Å². The fraction of sp³-hybridized carbons (Fsp3) is 0.467. The zero-order valence-corrected chi connectivity index (χ0v) is 10.1. The second kappa shape index (κ2) is 5.33. The second-order valence-electron chi connectivity index (χ2n) is 4.84. The molecule has 0 bridgehead atoms. The van der Waals surface area contributed by atoms with Gasteiger partial charge in [-0.1, -0.05) is 12.1 Å². The number of halogens is 1. The van der Waals surface area contributed by atoms with E-state index in [1.165, 1.54) is 25.0 Å². The van der Waals surface area contributed by atoms with Gasteiger partial charge in [0.2, 0.25) is 0 Å². The molecule has 0 heterocycles. The average molecular weight is 231 g/mol. The van der Waals surface area contributed by atoms with Crippen LogP contribution < -0.4 is 5.32 Å². The minimum atomic E-state index is -0.181. The molecule has 2 unspecified atom stereocenters. The summed E-state index contributed by atoms with van der Waals surface area (Å²) in [6, 6.07) is 7.41. The molecule has 1 aliphatic rings. The van der Waals surface area contributed by atoms with Gasteiger partial charge in [0, 0.05) is 18.5 Å². The molecule has 90 valence electrons. The van der Waals surface area contributed by atoms with Crippen molar-refractivity contribution in [2.24, 2.45) is 5.92 Å². The Morgan fingerprint density at radius 2 is 2.06 bits per heavy atom. The maximum atomic E-state index is 12.9. The highest BCUT2D eigenvalue weighted by atomic mass is 19.1. The molecular weight excluding hydrogens is 213 g/mol. The third kappa shape index (κ3) is 3.31. The van der Waals surface area contributed by atoms with Gasteiger partial charge < -0.3 is 5.32 Å². The molecule has 2 atom stereocenters. The zero-order valence-electron chi connectivity index (χ0n) is 10.1. The maximum Gasteiger partial charge on any atom is 0.123 e. The highest BCUT2D eigenvalue weighted by Gasteiger charge is 2.32. The first kappa shape index (κ1) is 12.1. The van der Waals surface area contributed by atoms with Gasteiger partial charge in [-0.3, -0.25) is 0 Å². The van der Waals surface area contributed by atoms with Crippen molar-refractivity contribution in [3.63, 3.8) is 0 Å². The molecule has 1 aromatic rings. The van der Waals surface area contributed by atoms with E-state index in [0.717, 1.165) is 12.0 Å². The van der Waals surface area contributed by atoms with Gasteiger partial charge in [-0.05, 0) is 43.4 Å². The Balaban J connectivity index is 2.07. The first-order valence-corrected chi connectivity index (χ1v) is 6.15. The number of terminal acetylenes is 1. The molecule has 1 nitrogen and oxygen atoms in total. The lowest BCUT2D eigenvalue weighted by Crippen LogP contribution is -2.31. The van der Waals surface area contributed by atoms with Crippen LogP contribution in [0.4, 0.5) is 4.39 Å². The van der Waals surface area contributed by atoms with Crippen LogP contribution in [0.2, 0.25) is 0 Å². The Morgan fingerprint density at radius 1 is 1.41 bits per heavy atom. The SMILES string of the molecule is C#CCC(C)NC(c1ccc(F)cc1)C1CC1. The van der Waals surface area contributed by atoms with Crippen molar-refractivity contribution in [3.05, 3.63) is 35.6 Å². The topological polar surface area (TPSA) is 12.0 Å². The molecule has 1 saturated carbocycles. The molecule has 0 saturated heterocycles. The van der Waals surface area contributed by atoms with Gasteiger partial charge >= 0.3 is 0 Å². The van der Waals surface area contributed by atoms with E-state index in [-0.39, 0.29) is 5.82 Å². The lowest BCUT2D eigenvalue weighted by Gasteiger charge is -2.22. The van der Waals surface area contributed by atoms with Crippen LogP contribution in [0.25, 0.3) is 0 Å². The van der Waals surface area contributed by atoms with E-state index in [0.29, 0.717) is 18.0 Å². The number of benzene rings is 1. The Labute approximate surface area is 102 Å². The monoisotopic (exact) mass is 231 g/mol. The lowest BCUT2D eigenvalue weighted by atomic mass is 10.0. The van der Waals surface area contributed by atoms with Crippen molar-refractivity contribution < 1.29 is 4.39 Å². The fourth-order valence-electron chi connectivity index (χ4n) is 2.15. The van der Waals surface area contributed by atoms with Gasteiger partial charge in [0.1, 0.15) is 5.82 Å². The van der Waals surface area contributed by atoms with E-state index in [4.69, 9.17) is 6.42 Å². The van der Waals surface area contributed by atoms with Crippen LogP contribution in [0.5, 0.6) is 0 Å². The van der Waals surface area contributed by atoms with Crippen LogP contribution in [0.15, 0.2) is 24.3 Å². The molecule has 1 aromatic carbocycles. The Kier molecular flexibility index (Phi) is 3.81. The summed E-state index contributed by atoms with van der Waals surface area (Å²) < 4.78 is 12.9. The Bertz CT molecular complexity index is 400. The Hall–Kier alpha value is -1.33. The van der Waals surface area contributed by atoms with Crippen molar-refractivity contribution >= 4 is 0 Å². The summed E-state index contributed by atoms with van der Waals surface area (Å²) in [6.07, 6.45) is 8.54. The molecule has 17 heavy (non-hydrogen) atoms. The summed E-state index contributed by atoms with van der Waals surface area (Å²) in [4.78, 5) is 0. The van der Waals surface area contributed by atoms with Crippen molar-refractivity contribution in [3.8, 4) is 12.3 Å². The van der Waals surface area contributed by atoms with E-state index in [2.05, 4.69) is 18.2 Å². The number of hydrogen-bond acceptors (Lipinski definition) is 1. The van der Waals surface area contributed by atoms with Gasteiger partial charge in [0.05, 0.1) is 0 Å². The number of hydrogen-bond donors (Lipinski definition) is 1. The summed E-state index contributed by atoms with van der Waals surface area (Å²) in [5.74, 6) is 3.17. The standard InChI is InChI=1S/C15H18FN/c1-3-4-11(2)17-15(12-5-6-12)13-7-9-14(16)10-8-13/h1,7-12,15,17H,4-6H2,2H3. The quantitative estimate of drug-likeness (QED) is 0.767. The molecule has 0 spiro atoms. The smallest absolute Gasteiger partial charge is 0.123 e. The van der Waals surface area contributed by atoms with E-state index in [1.54, 1.807) is 0 Å². The normalized spacial score (nSPS) is 18.4. The van der Waals surface area contributed by atoms with Crippen molar-refractivity contribution in [1.82, 2.24) is 5.32 Å². The summed E-state index contributed by atoms with van der Waals surface area (Å²) >= 11 is 0. The van der Waals surface area contributed by atoms with E-state index in [9.17, 15) is 4.39 Å². The van der Waals surface area contributed by atoms with Gasteiger partial charge in [-0.15, -0.1) is 12.3 Å². The second-order valence-corrected chi connectivity index (χ2v) is 4.84. The average Bonchev–Trinajstić information content (AvgIpc) is 3.12. The molecule has 0 radical (unpaired) electrons. The predicted octanol–water partition coefficient (Wildman–Crippen LogP) is 3.28. The van der Waals surface area contributed by atoms with Crippen molar-refractivity contribution in [2.45, 2.75) is 38.3 Å². The lowest BCUT2D eigenvalue weighted by molar-refractivity contribution is 0.423. The summed E-state index contributed by atoms with van der Waals surface area (Å²) in [5.41, 5.74) is 1.16. The molecule has 1 N–H and O–H groups in total. The first-order chi connectivity index (χ1) is 8.20. The molecule has 1 aliphatic carbocycles. The summed E-state index contributed by atoms with van der Waals surface area (Å²) in [7, 11) is 0.